The second kappa shape index (κ2) is 8.54. The van der Waals surface area contributed by atoms with Crippen molar-refractivity contribution in [2.75, 3.05) is 19.5 Å². The summed E-state index contributed by atoms with van der Waals surface area (Å²) in [6.45, 7) is 0.443. The molecule has 1 aliphatic heterocycles. The number of rotatable bonds is 7. The highest BCUT2D eigenvalue weighted by molar-refractivity contribution is 7.13. The molecule has 8 heteroatoms. The Morgan fingerprint density at radius 3 is 2.70 bits per heavy atom. The van der Waals surface area contributed by atoms with Crippen molar-refractivity contribution in [3.8, 4) is 11.5 Å². The molecular formula is C22H21N3O4S. The van der Waals surface area contributed by atoms with E-state index in [1.54, 1.807) is 36.8 Å². The van der Waals surface area contributed by atoms with E-state index in [0.29, 0.717) is 28.7 Å². The molecular weight excluding hydrogens is 402 g/mol. The molecule has 0 saturated heterocycles. The van der Waals surface area contributed by atoms with E-state index in [4.69, 9.17) is 9.47 Å². The maximum atomic E-state index is 13.1. The van der Waals surface area contributed by atoms with Gasteiger partial charge in [0.05, 0.1) is 26.7 Å². The van der Waals surface area contributed by atoms with Gasteiger partial charge in [-0.15, -0.1) is 11.3 Å². The van der Waals surface area contributed by atoms with E-state index in [1.165, 1.54) is 11.3 Å². The number of amides is 2. The van der Waals surface area contributed by atoms with Crippen molar-refractivity contribution in [1.29, 1.82) is 0 Å². The molecule has 0 radical (unpaired) electrons. The first kappa shape index (κ1) is 19.9. The van der Waals surface area contributed by atoms with Crippen LogP contribution >= 0.6 is 11.3 Å². The van der Waals surface area contributed by atoms with Gasteiger partial charge in [-0.1, -0.05) is 24.3 Å². The van der Waals surface area contributed by atoms with Crippen molar-refractivity contribution >= 4 is 28.3 Å². The zero-order valence-electron chi connectivity index (χ0n) is 16.6. The van der Waals surface area contributed by atoms with Gasteiger partial charge in [-0.3, -0.25) is 9.59 Å². The molecule has 2 aromatic carbocycles. The minimum absolute atomic E-state index is 0.0903. The first-order valence-corrected chi connectivity index (χ1v) is 10.3. The summed E-state index contributed by atoms with van der Waals surface area (Å²) in [4.78, 5) is 31.7. The molecule has 30 heavy (non-hydrogen) atoms. The van der Waals surface area contributed by atoms with E-state index in [1.807, 2.05) is 36.4 Å². The summed E-state index contributed by atoms with van der Waals surface area (Å²) in [6, 6.07) is 12.5. The summed E-state index contributed by atoms with van der Waals surface area (Å²) < 4.78 is 10.8. The number of hydrogen-bond acceptors (Lipinski definition) is 6. The van der Waals surface area contributed by atoms with E-state index in [0.717, 1.165) is 11.1 Å². The number of hydrogen-bond donors (Lipinski definition) is 1. The van der Waals surface area contributed by atoms with Gasteiger partial charge in [0.2, 0.25) is 5.91 Å². The van der Waals surface area contributed by atoms with Crippen LogP contribution in [0.1, 0.15) is 33.9 Å². The van der Waals surface area contributed by atoms with Gasteiger partial charge in [-0.25, -0.2) is 4.98 Å². The summed E-state index contributed by atoms with van der Waals surface area (Å²) >= 11 is 1.35. The Kier molecular flexibility index (Phi) is 5.67. The lowest BCUT2D eigenvalue weighted by molar-refractivity contribution is -0.117. The number of anilines is 1. The predicted octanol–water partition coefficient (Wildman–Crippen LogP) is 3.89. The summed E-state index contributed by atoms with van der Waals surface area (Å²) in [7, 11) is 3.12. The first-order valence-electron chi connectivity index (χ1n) is 9.41. The molecule has 2 amide bonds. The van der Waals surface area contributed by atoms with E-state index >= 15 is 0 Å². The van der Waals surface area contributed by atoms with Gasteiger partial charge in [-0.2, -0.15) is 0 Å². The van der Waals surface area contributed by atoms with Crippen LogP contribution in [-0.4, -0.2) is 35.9 Å². The lowest BCUT2D eigenvalue weighted by Gasteiger charge is -2.28. The highest BCUT2D eigenvalue weighted by atomic mass is 32.1. The molecule has 3 aromatic rings. The van der Waals surface area contributed by atoms with Crippen molar-refractivity contribution in [2.45, 2.75) is 19.0 Å². The number of ether oxygens (including phenoxy) is 2. The van der Waals surface area contributed by atoms with E-state index < -0.39 is 6.04 Å². The fourth-order valence-electron chi connectivity index (χ4n) is 3.63. The van der Waals surface area contributed by atoms with Crippen LogP contribution in [0.3, 0.4) is 0 Å². The monoisotopic (exact) mass is 423 g/mol. The fraction of sp³-hybridized carbons (Fsp3) is 0.227. The number of carbonyl (C=O) groups excluding carboxylic acids is 2. The number of nitrogens with zero attached hydrogens (tertiary/aromatic N) is 2. The number of aromatic nitrogens is 1. The van der Waals surface area contributed by atoms with E-state index in [9.17, 15) is 9.59 Å². The Labute approximate surface area is 178 Å². The predicted molar refractivity (Wildman–Crippen MR) is 114 cm³/mol. The molecule has 7 nitrogen and oxygen atoms in total. The molecule has 1 aliphatic rings. The first-order chi connectivity index (χ1) is 14.6. The third kappa shape index (κ3) is 3.86. The van der Waals surface area contributed by atoms with Gasteiger partial charge in [-0.05, 0) is 29.3 Å². The van der Waals surface area contributed by atoms with Crippen LogP contribution in [-0.2, 0) is 11.3 Å². The number of nitrogens with one attached hydrogen (secondary N) is 1. The lowest BCUT2D eigenvalue weighted by atomic mass is 10.0. The van der Waals surface area contributed by atoms with Crippen molar-refractivity contribution in [1.82, 2.24) is 9.88 Å². The molecule has 154 valence electrons. The standard InChI is InChI=1S/C22H21N3O4S/c1-28-18-8-7-14(11-19(18)29-2)17(12-20(26)24-22-23-9-10-30-22)25-13-15-5-3-4-6-16(15)21(25)27/h3-11,17H,12-13H2,1-2H3,(H,23,24,26). The number of fused-ring (bicyclic) bond motifs is 1. The van der Waals surface area contributed by atoms with Crippen molar-refractivity contribution in [3.63, 3.8) is 0 Å². The SMILES string of the molecule is COc1ccc(C(CC(=O)Nc2nccs2)N2Cc3ccccc3C2=O)cc1OC. The molecule has 2 heterocycles. The van der Waals surface area contributed by atoms with Gasteiger partial charge in [0.15, 0.2) is 16.6 Å². The summed E-state index contributed by atoms with van der Waals surface area (Å²) in [5.41, 5.74) is 2.42. The van der Waals surface area contributed by atoms with Gasteiger partial charge in [0.25, 0.3) is 5.91 Å². The van der Waals surface area contributed by atoms with Gasteiger partial charge >= 0.3 is 0 Å². The second-order valence-corrected chi connectivity index (χ2v) is 7.70. The van der Waals surface area contributed by atoms with Crippen LogP contribution in [0.25, 0.3) is 0 Å². The van der Waals surface area contributed by atoms with Gasteiger partial charge < -0.3 is 19.7 Å². The highest BCUT2D eigenvalue weighted by Gasteiger charge is 2.35. The van der Waals surface area contributed by atoms with Crippen LogP contribution in [0.15, 0.2) is 54.0 Å². The maximum Gasteiger partial charge on any atom is 0.255 e. The van der Waals surface area contributed by atoms with Gasteiger partial charge in [0.1, 0.15) is 0 Å². The molecule has 1 atom stereocenters. The molecule has 0 aliphatic carbocycles. The molecule has 4 rings (SSSR count). The van der Waals surface area contributed by atoms with Crippen LogP contribution in [0.5, 0.6) is 11.5 Å². The largest absolute Gasteiger partial charge is 0.493 e. The zero-order valence-corrected chi connectivity index (χ0v) is 17.4. The Hall–Kier alpha value is -3.39. The van der Waals surface area contributed by atoms with Crippen molar-refractivity contribution in [3.05, 3.63) is 70.7 Å². The fourth-order valence-corrected chi connectivity index (χ4v) is 4.17. The summed E-state index contributed by atoms with van der Waals surface area (Å²) in [5, 5.41) is 5.13. The average molecular weight is 423 g/mol. The quantitative estimate of drug-likeness (QED) is 0.624. The smallest absolute Gasteiger partial charge is 0.255 e. The molecule has 0 bridgehead atoms. The highest BCUT2D eigenvalue weighted by Crippen LogP contribution is 2.37. The van der Waals surface area contributed by atoms with E-state index in [2.05, 4.69) is 10.3 Å². The third-order valence-electron chi connectivity index (χ3n) is 5.08. The molecule has 0 fully saturated rings. The topological polar surface area (TPSA) is 80.8 Å². The van der Waals surface area contributed by atoms with E-state index in [-0.39, 0.29) is 18.2 Å². The Morgan fingerprint density at radius 1 is 1.20 bits per heavy atom. The molecule has 1 N–H and O–H groups in total. The Morgan fingerprint density at radius 2 is 2.00 bits per heavy atom. The molecule has 0 saturated carbocycles. The van der Waals surface area contributed by atoms with Gasteiger partial charge in [0, 0.05) is 23.7 Å². The van der Waals surface area contributed by atoms with Crippen LogP contribution in [0, 0.1) is 0 Å². The number of benzene rings is 2. The summed E-state index contributed by atoms with van der Waals surface area (Å²) in [6.07, 6.45) is 1.72. The third-order valence-corrected chi connectivity index (χ3v) is 5.76. The Bertz CT molecular complexity index is 1070. The van der Waals surface area contributed by atoms with Crippen molar-refractivity contribution in [2.24, 2.45) is 0 Å². The molecule has 1 aromatic heterocycles. The normalized spacial score (nSPS) is 13.7. The summed E-state index contributed by atoms with van der Waals surface area (Å²) in [5.74, 6) is 0.827. The van der Waals surface area contributed by atoms with Crippen LogP contribution in [0.4, 0.5) is 5.13 Å². The van der Waals surface area contributed by atoms with Crippen LogP contribution in [0.2, 0.25) is 0 Å². The number of thiazole rings is 1. The minimum atomic E-state index is -0.468. The Balaban J connectivity index is 1.67. The number of carbonyl (C=O) groups is 2. The molecule has 0 spiro atoms. The lowest BCUT2D eigenvalue weighted by Crippen LogP contribution is -2.32. The maximum absolute atomic E-state index is 13.1. The second-order valence-electron chi connectivity index (χ2n) is 6.81. The van der Waals surface area contributed by atoms with Crippen LogP contribution < -0.4 is 14.8 Å². The zero-order chi connectivity index (χ0) is 21.1. The number of methoxy groups -OCH3 is 2. The average Bonchev–Trinajstić information content (AvgIpc) is 3.39. The van der Waals surface area contributed by atoms with Crippen molar-refractivity contribution < 1.29 is 19.1 Å². The minimum Gasteiger partial charge on any atom is -0.493 e. The molecule has 1 unspecified atom stereocenters.